The van der Waals surface area contributed by atoms with E-state index in [1.54, 1.807) is 6.20 Å². The van der Waals surface area contributed by atoms with Gasteiger partial charge in [0.05, 0.1) is 11.5 Å². The van der Waals surface area contributed by atoms with Crippen molar-refractivity contribution in [2.24, 2.45) is 0 Å². The van der Waals surface area contributed by atoms with Crippen LogP contribution in [0.1, 0.15) is 12.7 Å². The van der Waals surface area contributed by atoms with Crippen molar-refractivity contribution in [3.8, 4) is 0 Å². The number of imidazole rings is 1. The highest BCUT2D eigenvalue weighted by atomic mass is 16.6. The summed E-state index contributed by atoms with van der Waals surface area (Å²) in [6.45, 7) is 4.29. The molecule has 0 unspecified atom stereocenters. The van der Waals surface area contributed by atoms with E-state index in [4.69, 9.17) is 0 Å². The Kier molecular flexibility index (Phi) is 3.38. The van der Waals surface area contributed by atoms with Gasteiger partial charge in [0.15, 0.2) is 0 Å². The Morgan fingerprint density at radius 3 is 3.00 bits per heavy atom. The monoisotopic (exact) mass is 289 g/mol. The van der Waals surface area contributed by atoms with Gasteiger partial charge in [-0.2, -0.15) is 0 Å². The number of nitro groups is 1. The van der Waals surface area contributed by atoms with Crippen molar-refractivity contribution in [3.63, 3.8) is 0 Å². The number of rotatable bonds is 4. The van der Waals surface area contributed by atoms with Crippen molar-refractivity contribution in [1.82, 2.24) is 19.5 Å². The zero-order valence-corrected chi connectivity index (χ0v) is 11.6. The fourth-order valence-corrected chi connectivity index (χ4v) is 2.42. The average Bonchev–Trinajstić information content (AvgIpc) is 2.94. The lowest BCUT2D eigenvalue weighted by atomic mass is 10.3. The highest BCUT2D eigenvalue weighted by Gasteiger charge is 2.29. The van der Waals surface area contributed by atoms with Crippen LogP contribution in [0, 0.1) is 10.1 Å². The molecule has 2 aromatic rings. The van der Waals surface area contributed by atoms with E-state index in [0.717, 1.165) is 12.4 Å². The summed E-state index contributed by atoms with van der Waals surface area (Å²) >= 11 is 0. The second kappa shape index (κ2) is 5.35. The van der Waals surface area contributed by atoms with E-state index < -0.39 is 4.92 Å². The van der Waals surface area contributed by atoms with Crippen molar-refractivity contribution < 1.29 is 4.92 Å². The fourth-order valence-electron chi connectivity index (χ4n) is 2.42. The van der Waals surface area contributed by atoms with Crippen molar-refractivity contribution in [2.45, 2.75) is 20.0 Å². The first-order valence-corrected chi connectivity index (χ1v) is 6.69. The molecule has 9 heteroatoms. The molecule has 2 aromatic heterocycles. The molecular formula is C12H15N7O2. The Morgan fingerprint density at radius 1 is 1.38 bits per heavy atom. The lowest BCUT2D eigenvalue weighted by Gasteiger charge is -2.28. The minimum atomic E-state index is -0.436. The summed E-state index contributed by atoms with van der Waals surface area (Å²) in [7, 11) is 0. The minimum absolute atomic E-state index is 0.0839. The molecule has 1 aliphatic heterocycles. The first-order valence-electron chi connectivity index (χ1n) is 6.69. The van der Waals surface area contributed by atoms with E-state index in [2.05, 4.69) is 20.3 Å². The third-order valence-corrected chi connectivity index (χ3v) is 3.37. The number of nitrogens with zero attached hydrogens (tertiary/aromatic N) is 6. The zero-order chi connectivity index (χ0) is 14.8. The number of aromatic nitrogens is 4. The Bertz CT molecular complexity index is 669. The van der Waals surface area contributed by atoms with Crippen LogP contribution >= 0.6 is 0 Å². The maximum absolute atomic E-state index is 11.4. The van der Waals surface area contributed by atoms with E-state index in [0.29, 0.717) is 25.5 Å². The van der Waals surface area contributed by atoms with Crippen LogP contribution in [0.25, 0.3) is 0 Å². The quantitative estimate of drug-likeness (QED) is 0.662. The highest BCUT2D eigenvalue weighted by molar-refractivity contribution is 5.70. The lowest BCUT2D eigenvalue weighted by Crippen LogP contribution is -2.34. The molecule has 3 heterocycles. The standard InChI is InChI=1S/C12H15N7O2/c1-2-13-11-10(19(20)21)12(16-8-15-11)18-6-5-17-4-3-14-9(17)7-18/h3-4,8H,2,5-7H2,1H3,(H,13,15,16). The summed E-state index contributed by atoms with van der Waals surface area (Å²) in [5.74, 6) is 1.46. The van der Waals surface area contributed by atoms with Crippen LogP contribution in [0.4, 0.5) is 17.3 Å². The molecule has 9 nitrogen and oxygen atoms in total. The topological polar surface area (TPSA) is 102 Å². The molecule has 21 heavy (non-hydrogen) atoms. The molecule has 0 saturated carbocycles. The maximum atomic E-state index is 11.4. The summed E-state index contributed by atoms with van der Waals surface area (Å²) in [6.07, 6.45) is 4.99. The third-order valence-electron chi connectivity index (χ3n) is 3.37. The van der Waals surface area contributed by atoms with Crippen molar-refractivity contribution in [2.75, 3.05) is 23.3 Å². The van der Waals surface area contributed by atoms with E-state index >= 15 is 0 Å². The van der Waals surface area contributed by atoms with E-state index in [9.17, 15) is 10.1 Å². The van der Waals surface area contributed by atoms with Gasteiger partial charge in [-0.1, -0.05) is 0 Å². The van der Waals surface area contributed by atoms with Gasteiger partial charge in [-0.25, -0.2) is 15.0 Å². The maximum Gasteiger partial charge on any atom is 0.353 e. The lowest BCUT2D eigenvalue weighted by molar-refractivity contribution is -0.383. The van der Waals surface area contributed by atoms with E-state index in [1.807, 2.05) is 22.6 Å². The second-order valence-corrected chi connectivity index (χ2v) is 4.64. The average molecular weight is 289 g/mol. The zero-order valence-electron chi connectivity index (χ0n) is 11.6. The summed E-state index contributed by atoms with van der Waals surface area (Å²) < 4.78 is 2.04. The number of hydrogen-bond acceptors (Lipinski definition) is 7. The Morgan fingerprint density at radius 2 is 2.24 bits per heavy atom. The van der Waals surface area contributed by atoms with Gasteiger partial charge < -0.3 is 14.8 Å². The number of anilines is 2. The SMILES string of the molecule is CCNc1ncnc(N2CCn3ccnc3C2)c1[N+](=O)[O-]. The third kappa shape index (κ3) is 2.37. The van der Waals surface area contributed by atoms with Gasteiger partial charge in [-0.05, 0) is 6.92 Å². The van der Waals surface area contributed by atoms with Crippen LogP contribution in [0.2, 0.25) is 0 Å². The molecule has 110 valence electrons. The Labute approximate surface area is 120 Å². The molecule has 1 N–H and O–H groups in total. The van der Waals surface area contributed by atoms with Gasteiger partial charge in [-0.3, -0.25) is 10.1 Å². The summed E-state index contributed by atoms with van der Waals surface area (Å²) in [5, 5.41) is 14.3. The van der Waals surface area contributed by atoms with E-state index in [-0.39, 0.29) is 11.5 Å². The van der Waals surface area contributed by atoms with Crippen LogP contribution in [0.15, 0.2) is 18.7 Å². The molecule has 0 aliphatic carbocycles. The molecule has 0 radical (unpaired) electrons. The normalized spacial score (nSPS) is 13.9. The largest absolute Gasteiger partial charge is 0.364 e. The second-order valence-electron chi connectivity index (χ2n) is 4.64. The van der Waals surface area contributed by atoms with Crippen LogP contribution in [-0.4, -0.2) is 37.5 Å². The molecule has 1 aliphatic rings. The van der Waals surface area contributed by atoms with Gasteiger partial charge in [-0.15, -0.1) is 0 Å². The first-order chi connectivity index (χ1) is 10.2. The fraction of sp³-hybridized carbons (Fsp3) is 0.417. The molecule has 0 aromatic carbocycles. The van der Waals surface area contributed by atoms with Crippen molar-refractivity contribution in [3.05, 3.63) is 34.7 Å². The number of hydrogen-bond donors (Lipinski definition) is 1. The first kappa shape index (κ1) is 13.3. The molecule has 0 atom stereocenters. The van der Waals surface area contributed by atoms with Crippen LogP contribution < -0.4 is 10.2 Å². The minimum Gasteiger partial charge on any atom is -0.364 e. The van der Waals surface area contributed by atoms with Gasteiger partial charge in [0, 0.05) is 32.0 Å². The van der Waals surface area contributed by atoms with Gasteiger partial charge >= 0.3 is 5.69 Å². The number of fused-ring (bicyclic) bond motifs is 1. The van der Waals surface area contributed by atoms with E-state index in [1.165, 1.54) is 6.33 Å². The summed E-state index contributed by atoms with van der Waals surface area (Å²) in [4.78, 5) is 25.2. The van der Waals surface area contributed by atoms with Gasteiger partial charge in [0.1, 0.15) is 12.2 Å². The summed E-state index contributed by atoms with van der Waals surface area (Å²) in [5.41, 5.74) is -0.0839. The molecule has 0 bridgehead atoms. The van der Waals surface area contributed by atoms with Gasteiger partial charge in [0.25, 0.3) is 0 Å². The molecular weight excluding hydrogens is 274 g/mol. The molecule has 0 saturated heterocycles. The predicted octanol–water partition coefficient (Wildman–Crippen LogP) is 1.03. The van der Waals surface area contributed by atoms with Gasteiger partial charge in [0.2, 0.25) is 11.6 Å². The summed E-state index contributed by atoms with van der Waals surface area (Å²) in [6, 6.07) is 0. The van der Waals surface area contributed by atoms with Crippen LogP contribution in [0.3, 0.4) is 0 Å². The van der Waals surface area contributed by atoms with Crippen molar-refractivity contribution in [1.29, 1.82) is 0 Å². The Balaban J connectivity index is 1.99. The molecule has 0 spiro atoms. The van der Waals surface area contributed by atoms with Crippen LogP contribution in [-0.2, 0) is 13.1 Å². The molecule has 0 fully saturated rings. The molecule has 3 rings (SSSR count). The number of nitrogens with one attached hydrogen (secondary N) is 1. The highest BCUT2D eigenvalue weighted by Crippen LogP contribution is 2.33. The smallest absolute Gasteiger partial charge is 0.353 e. The van der Waals surface area contributed by atoms with Crippen molar-refractivity contribution >= 4 is 17.3 Å². The predicted molar refractivity (Wildman–Crippen MR) is 76.1 cm³/mol. The van der Waals surface area contributed by atoms with Crippen LogP contribution in [0.5, 0.6) is 0 Å². The molecule has 0 amide bonds. The Hall–Kier alpha value is -2.71.